The topological polar surface area (TPSA) is 58.9 Å². The van der Waals surface area contributed by atoms with Crippen LogP contribution < -0.4 is 0 Å². The van der Waals surface area contributed by atoms with Crippen molar-refractivity contribution >= 4 is 17.9 Å². The van der Waals surface area contributed by atoms with Gasteiger partial charge >= 0.3 is 5.97 Å². The van der Waals surface area contributed by atoms with Gasteiger partial charge in [-0.05, 0) is 31.1 Å². The van der Waals surface area contributed by atoms with Crippen molar-refractivity contribution < 1.29 is 14.7 Å². The van der Waals surface area contributed by atoms with E-state index in [-0.39, 0.29) is 5.56 Å². The Balaban J connectivity index is 2.64. The Morgan fingerprint density at radius 3 is 2.47 bits per heavy atom. The fourth-order valence-electron chi connectivity index (χ4n) is 1.40. The van der Waals surface area contributed by atoms with E-state index in [1.807, 2.05) is 19.9 Å². The highest BCUT2D eigenvalue weighted by Gasteiger charge is 2.04. The second kappa shape index (κ2) is 7.16. The molecule has 0 spiro atoms. The summed E-state index contributed by atoms with van der Waals surface area (Å²) in [4.78, 5) is 15.8. The Labute approximate surface area is 112 Å². The van der Waals surface area contributed by atoms with Gasteiger partial charge in [-0.1, -0.05) is 36.9 Å². The number of nitrogens with zero attached hydrogens (tertiary/aromatic N) is 1. The lowest BCUT2D eigenvalue weighted by atomic mass is 10.1. The second-order valence-corrected chi connectivity index (χ2v) is 3.99. The maximum Gasteiger partial charge on any atom is 0.335 e. The molecule has 0 aromatic heterocycles. The molecule has 0 unspecified atom stereocenters. The molecule has 0 fully saturated rings. The highest BCUT2D eigenvalue weighted by Crippen LogP contribution is 2.15. The number of carbonyl (C=O) groups is 1. The number of allylic oxidation sites excluding steroid dienone is 2. The van der Waals surface area contributed by atoms with Crippen molar-refractivity contribution in [3.05, 3.63) is 53.6 Å². The van der Waals surface area contributed by atoms with Gasteiger partial charge < -0.3 is 9.94 Å². The van der Waals surface area contributed by atoms with E-state index < -0.39 is 5.97 Å². The minimum atomic E-state index is -0.962. The molecular formula is C15H17NO3. The van der Waals surface area contributed by atoms with Crippen LogP contribution in [0.25, 0.3) is 5.76 Å². The molecule has 0 radical (unpaired) electrons. The first kappa shape index (κ1) is 14.7. The Morgan fingerprint density at radius 1 is 1.37 bits per heavy atom. The number of benzene rings is 1. The van der Waals surface area contributed by atoms with Gasteiger partial charge in [-0.25, -0.2) is 4.79 Å². The number of hydrogen-bond acceptors (Lipinski definition) is 3. The van der Waals surface area contributed by atoms with Crippen LogP contribution in [-0.4, -0.2) is 17.3 Å². The summed E-state index contributed by atoms with van der Waals surface area (Å²) in [5.74, 6) is -0.589. The average molecular weight is 259 g/mol. The molecule has 0 atom stereocenters. The van der Waals surface area contributed by atoms with Crippen molar-refractivity contribution in [3.63, 3.8) is 0 Å². The zero-order valence-electron chi connectivity index (χ0n) is 11.1. The molecule has 0 saturated carbocycles. The van der Waals surface area contributed by atoms with E-state index in [1.54, 1.807) is 18.3 Å². The minimum absolute atomic E-state index is 0.224. The van der Waals surface area contributed by atoms with Gasteiger partial charge in [-0.2, -0.15) is 0 Å². The van der Waals surface area contributed by atoms with Crippen LogP contribution in [0.5, 0.6) is 0 Å². The quantitative estimate of drug-likeness (QED) is 0.481. The SMILES string of the molecule is C=C(O/N=C/C(C)=C/CC)c1ccc(C(=O)O)cc1. The van der Waals surface area contributed by atoms with E-state index >= 15 is 0 Å². The van der Waals surface area contributed by atoms with Crippen LogP contribution in [0.4, 0.5) is 0 Å². The number of hydrogen-bond donors (Lipinski definition) is 1. The van der Waals surface area contributed by atoms with Crippen LogP contribution in [0.2, 0.25) is 0 Å². The molecule has 1 aromatic carbocycles. The molecule has 1 rings (SSSR count). The van der Waals surface area contributed by atoms with E-state index in [4.69, 9.17) is 9.94 Å². The van der Waals surface area contributed by atoms with Gasteiger partial charge in [-0.15, -0.1) is 0 Å². The standard InChI is InChI=1S/C15H17NO3/c1-4-5-11(2)10-16-19-12(3)13-6-8-14(9-7-13)15(17)18/h5-10H,3-4H2,1-2H3,(H,17,18)/b11-5+,16-10+. The molecule has 0 amide bonds. The molecule has 19 heavy (non-hydrogen) atoms. The summed E-state index contributed by atoms with van der Waals surface area (Å²) in [5, 5.41) is 12.6. The van der Waals surface area contributed by atoms with E-state index in [0.717, 1.165) is 12.0 Å². The highest BCUT2D eigenvalue weighted by molar-refractivity contribution is 5.87. The Hall–Kier alpha value is -2.36. The molecule has 0 bridgehead atoms. The normalized spacial score (nSPS) is 11.6. The molecule has 4 heteroatoms. The molecule has 1 aromatic rings. The van der Waals surface area contributed by atoms with E-state index in [9.17, 15) is 4.79 Å². The van der Waals surface area contributed by atoms with Crippen molar-refractivity contribution in [2.45, 2.75) is 20.3 Å². The van der Waals surface area contributed by atoms with Crippen LogP contribution in [0.3, 0.4) is 0 Å². The predicted octanol–water partition coefficient (Wildman–Crippen LogP) is 3.71. The molecule has 0 heterocycles. The van der Waals surface area contributed by atoms with Crippen molar-refractivity contribution in [2.24, 2.45) is 5.16 Å². The lowest BCUT2D eigenvalue weighted by Crippen LogP contribution is -1.96. The third-order valence-electron chi connectivity index (χ3n) is 2.40. The van der Waals surface area contributed by atoms with E-state index in [2.05, 4.69) is 11.7 Å². The molecule has 0 aliphatic heterocycles. The summed E-state index contributed by atoms with van der Waals surface area (Å²) >= 11 is 0. The van der Waals surface area contributed by atoms with Crippen LogP contribution in [0, 0.1) is 0 Å². The summed E-state index contributed by atoms with van der Waals surface area (Å²) in [5.41, 5.74) is 1.93. The molecule has 4 nitrogen and oxygen atoms in total. The van der Waals surface area contributed by atoms with Crippen molar-refractivity contribution in [3.8, 4) is 0 Å². The van der Waals surface area contributed by atoms with Gasteiger partial charge in [0.2, 0.25) is 0 Å². The number of aromatic carboxylic acids is 1. The van der Waals surface area contributed by atoms with Crippen molar-refractivity contribution in [1.82, 2.24) is 0 Å². The monoisotopic (exact) mass is 259 g/mol. The Kier molecular flexibility index (Phi) is 5.54. The summed E-state index contributed by atoms with van der Waals surface area (Å²) in [6.45, 7) is 7.71. The molecular weight excluding hydrogens is 242 g/mol. The van der Waals surface area contributed by atoms with E-state index in [1.165, 1.54) is 12.1 Å². The fraction of sp³-hybridized carbons (Fsp3) is 0.200. The summed E-state index contributed by atoms with van der Waals surface area (Å²) in [7, 11) is 0. The molecule has 100 valence electrons. The van der Waals surface area contributed by atoms with Gasteiger partial charge in [0.25, 0.3) is 0 Å². The molecule has 0 aliphatic carbocycles. The number of carboxylic acids is 1. The Bertz CT molecular complexity index is 513. The minimum Gasteiger partial charge on any atom is -0.478 e. The van der Waals surface area contributed by atoms with Gasteiger partial charge in [0, 0.05) is 5.56 Å². The second-order valence-electron chi connectivity index (χ2n) is 3.99. The summed E-state index contributed by atoms with van der Waals surface area (Å²) < 4.78 is 0. The van der Waals surface area contributed by atoms with Gasteiger partial charge in [0.1, 0.15) is 0 Å². The Morgan fingerprint density at radius 2 is 1.95 bits per heavy atom. The first-order valence-corrected chi connectivity index (χ1v) is 5.94. The number of oxime groups is 1. The maximum atomic E-state index is 10.7. The fourth-order valence-corrected chi connectivity index (χ4v) is 1.40. The smallest absolute Gasteiger partial charge is 0.335 e. The van der Waals surface area contributed by atoms with Gasteiger partial charge in [0.05, 0.1) is 11.8 Å². The molecule has 0 saturated heterocycles. The van der Waals surface area contributed by atoms with Gasteiger partial charge in [-0.3, -0.25) is 0 Å². The van der Waals surface area contributed by atoms with Crippen molar-refractivity contribution in [1.29, 1.82) is 0 Å². The first-order chi connectivity index (χ1) is 9.04. The van der Waals surface area contributed by atoms with E-state index in [0.29, 0.717) is 11.3 Å². The van der Waals surface area contributed by atoms with Crippen LogP contribution in [0.15, 0.2) is 47.6 Å². The largest absolute Gasteiger partial charge is 0.478 e. The average Bonchev–Trinajstić information content (AvgIpc) is 2.39. The first-order valence-electron chi connectivity index (χ1n) is 5.94. The molecule has 1 N–H and O–H groups in total. The number of rotatable bonds is 6. The van der Waals surface area contributed by atoms with Crippen molar-refractivity contribution in [2.75, 3.05) is 0 Å². The maximum absolute atomic E-state index is 10.7. The third kappa shape index (κ3) is 4.79. The zero-order chi connectivity index (χ0) is 14.3. The highest BCUT2D eigenvalue weighted by atomic mass is 16.6. The predicted molar refractivity (Wildman–Crippen MR) is 76.1 cm³/mol. The van der Waals surface area contributed by atoms with Crippen LogP contribution >= 0.6 is 0 Å². The van der Waals surface area contributed by atoms with Crippen LogP contribution in [0.1, 0.15) is 36.2 Å². The lowest BCUT2D eigenvalue weighted by Gasteiger charge is -2.03. The zero-order valence-corrected chi connectivity index (χ0v) is 11.1. The summed E-state index contributed by atoms with van der Waals surface area (Å²) in [6, 6.07) is 6.27. The summed E-state index contributed by atoms with van der Waals surface area (Å²) in [6.07, 6.45) is 4.58. The lowest BCUT2D eigenvalue weighted by molar-refractivity contribution is 0.0697. The number of carboxylic acid groups (broad SMARTS) is 1. The third-order valence-corrected chi connectivity index (χ3v) is 2.40. The molecule has 0 aliphatic rings. The van der Waals surface area contributed by atoms with Gasteiger partial charge in [0.15, 0.2) is 5.76 Å². The van der Waals surface area contributed by atoms with Crippen LogP contribution in [-0.2, 0) is 4.84 Å².